The molecule has 0 bridgehead atoms. The molecule has 2 nitrogen and oxygen atoms in total. The van der Waals surface area contributed by atoms with Crippen LogP contribution in [0.25, 0.3) is 0 Å². The molecule has 1 aromatic carbocycles. The summed E-state index contributed by atoms with van der Waals surface area (Å²) in [6.45, 7) is 5.23. The Balaban J connectivity index is 0.000000437. The number of hydrogen-bond donors (Lipinski definition) is 1. The van der Waals surface area contributed by atoms with Crippen LogP contribution in [-0.2, 0) is 11.2 Å². The Bertz CT molecular complexity index is 322. The molecule has 1 N–H and O–H groups in total. The number of aliphatic carboxylic acids is 1. The van der Waals surface area contributed by atoms with E-state index >= 15 is 0 Å². The first-order valence-corrected chi connectivity index (χ1v) is 7.35. The Kier molecular flexibility index (Phi) is 9.92. The average molecular weight is 338 g/mol. The summed E-state index contributed by atoms with van der Waals surface area (Å²) in [5.41, 5.74) is 1.49. The number of carboxylic acid groups (broad SMARTS) is 1. The standard InChI is InChI=1S/C11H15.C3H4O2.Sn/c1-2-3-5-8-11-9-6-4-7-10-11;1-2-3(4)5;/h4-7,9-10H,2-3,8H2,1H3;2H,1H2,(H,4,5);. The molecule has 1 atom stereocenters. The fourth-order valence-corrected chi connectivity index (χ4v) is 2.85. The monoisotopic (exact) mass is 339 g/mol. The van der Waals surface area contributed by atoms with Crippen molar-refractivity contribution >= 4 is 28.5 Å². The van der Waals surface area contributed by atoms with Gasteiger partial charge in [-0.05, 0) is 0 Å². The molecule has 0 fully saturated rings. The van der Waals surface area contributed by atoms with Gasteiger partial charge in [-0.25, -0.2) is 4.79 Å². The van der Waals surface area contributed by atoms with Crippen LogP contribution >= 0.6 is 0 Å². The van der Waals surface area contributed by atoms with E-state index in [1.807, 2.05) is 0 Å². The van der Waals surface area contributed by atoms with Gasteiger partial charge < -0.3 is 5.11 Å². The van der Waals surface area contributed by atoms with Crippen LogP contribution in [0.3, 0.4) is 0 Å². The Labute approximate surface area is 117 Å². The van der Waals surface area contributed by atoms with Crippen molar-refractivity contribution in [1.29, 1.82) is 0 Å². The Hall–Kier alpha value is -0.771. The second-order valence-corrected chi connectivity index (χ2v) is 6.05. The molecule has 0 spiro atoms. The molecule has 3 heteroatoms. The molecule has 3 radical (unpaired) electrons. The van der Waals surface area contributed by atoms with Crippen LogP contribution in [0.5, 0.6) is 0 Å². The molecule has 0 saturated heterocycles. The van der Waals surface area contributed by atoms with Gasteiger partial charge in [-0.2, -0.15) is 0 Å². The molecule has 0 heterocycles. The zero-order valence-electron chi connectivity index (χ0n) is 10.2. The van der Waals surface area contributed by atoms with Gasteiger partial charge >= 0.3 is 94.5 Å². The molecule has 0 aliphatic rings. The third kappa shape index (κ3) is 10.1. The van der Waals surface area contributed by atoms with E-state index < -0.39 is 5.97 Å². The fourth-order valence-electron chi connectivity index (χ4n) is 1.35. The van der Waals surface area contributed by atoms with Gasteiger partial charge in [-0.3, -0.25) is 0 Å². The molecule has 0 aliphatic heterocycles. The third-order valence-electron chi connectivity index (χ3n) is 2.14. The van der Waals surface area contributed by atoms with Crippen LogP contribution in [0.4, 0.5) is 0 Å². The maximum absolute atomic E-state index is 9.25. The summed E-state index contributed by atoms with van der Waals surface area (Å²) in [5, 5.41) is 7.60. The van der Waals surface area contributed by atoms with E-state index in [1.165, 1.54) is 24.8 Å². The first-order valence-electron chi connectivity index (χ1n) is 5.70. The summed E-state index contributed by atoms with van der Waals surface area (Å²) in [6, 6.07) is 10.8. The predicted octanol–water partition coefficient (Wildman–Crippen LogP) is 3.24. The van der Waals surface area contributed by atoms with Crippen LogP contribution in [0.2, 0.25) is 3.93 Å². The summed E-state index contributed by atoms with van der Waals surface area (Å²) >= 11 is 1.68. The third-order valence-corrected chi connectivity index (χ3v) is 3.54. The second-order valence-electron chi connectivity index (χ2n) is 3.72. The van der Waals surface area contributed by atoms with Crippen molar-refractivity contribution in [2.75, 3.05) is 0 Å². The molecule has 17 heavy (non-hydrogen) atoms. The van der Waals surface area contributed by atoms with Crippen molar-refractivity contribution < 1.29 is 9.90 Å². The fraction of sp³-hybridized carbons (Fsp3) is 0.357. The molecular weight excluding hydrogens is 319 g/mol. The van der Waals surface area contributed by atoms with Crippen LogP contribution in [0.1, 0.15) is 25.3 Å². The molecule has 91 valence electrons. The molecule has 0 saturated carbocycles. The van der Waals surface area contributed by atoms with Crippen molar-refractivity contribution in [2.45, 2.75) is 30.1 Å². The molecule has 1 rings (SSSR count). The van der Waals surface area contributed by atoms with Crippen LogP contribution < -0.4 is 0 Å². The Morgan fingerprint density at radius 2 is 2.00 bits per heavy atom. The Morgan fingerprint density at radius 3 is 2.41 bits per heavy atom. The Morgan fingerprint density at radius 1 is 1.47 bits per heavy atom. The normalized spacial score (nSPS) is 10.9. The minimum atomic E-state index is -0.981. The van der Waals surface area contributed by atoms with Crippen molar-refractivity contribution in [1.82, 2.24) is 0 Å². The zero-order chi connectivity index (χ0) is 13.1. The van der Waals surface area contributed by atoms with E-state index in [9.17, 15) is 4.79 Å². The molecule has 1 aromatic rings. The molecule has 0 aromatic heterocycles. The minimum absolute atomic E-state index is 0.833. The summed E-state index contributed by atoms with van der Waals surface area (Å²) in [7, 11) is 0. The summed E-state index contributed by atoms with van der Waals surface area (Å²) in [5.74, 6) is -0.981. The van der Waals surface area contributed by atoms with Crippen molar-refractivity contribution in [3.05, 3.63) is 48.6 Å². The van der Waals surface area contributed by atoms with E-state index in [0.29, 0.717) is 0 Å². The second kappa shape index (κ2) is 10.4. The van der Waals surface area contributed by atoms with Crippen LogP contribution in [-0.4, -0.2) is 33.6 Å². The van der Waals surface area contributed by atoms with Gasteiger partial charge in [0.2, 0.25) is 0 Å². The topological polar surface area (TPSA) is 37.3 Å². The predicted molar refractivity (Wildman–Crippen MR) is 72.4 cm³/mol. The van der Waals surface area contributed by atoms with Crippen LogP contribution in [0.15, 0.2) is 43.0 Å². The summed E-state index contributed by atoms with van der Waals surface area (Å²) in [4.78, 5) is 9.25. The summed E-state index contributed by atoms with van der Waals surface area (Å²) in [6.07, 6.45) is 4.81. The first kappa shape index (κ1) is 16.2. The summed E-state index contributed by atoms with van der Waals surface area (Å²) < 4.78 is 0.921. The molecule has 0 amide bonds. The van der Waals surface area contributed by atoms with Gasteiger partial charge in [-0.15, -0.1) is 0 Å². The molecular formula is C14H19O2Sn. The number of rotatable bonds is 5. The number of benzene rings is 1. The van der Waals surface area contributed by atoms with Crippen LogP contribution in [0, 0.1) is 0 Å². The quantitative estimate of drug-likeness (QED) is 0.661. The van der Waals surface area contributed by atoms with Gasteiger partial charge in [0, 0.05) is 6.08 Å². The van der Waals surface area contributed by atoms with E-state index in [-0.39, 0.29) is 0 Å². The maximum atomic E-state index is 9.25. The number of carbonyl (C=O) groups is 1. The van der Waals surface area contributed by atoms with E-state index in [1.54, 1.807) is 22.5 Å². The van der Waals surface area contributed by atoms with Gasteiger partial charge in [0.15, 0.2) is 0 Å². The average Bonchev–Trinajstić information content (AvgIpc) is 2.31. The first-order chi connectivity index (χ1) is 8.10. The van der Waals surface area contributed by atoms with Crippen molar-refractivity contribution in [3.63, 3.8) is 0 Å². The van der Waals surface area contributed by atoms with E-state index in [2.05, 4.69) is 43.8 Å². The molecule has 1 unspecified atom stereocenters. The molecule has 0 aliphatic carbocycles. The number of hydrogen-bond acceptors (Lipinski definition) is 1. The van der Waals surface area contributed by atoms with Gasteiger partial charge in [0.25, 0.3) is 0 Å². The number of carboxylic acids is 1. The van der Waals surface area contributed by atoms with Gasteiger partial charge in [-0.1, -0.05) is 6.58 Å². The SMILES string of the molecule is C=CC(=O)O.CCC[CH]([Sn])Cc1ccccc1. The van der Waals surface area contributed by atoms with Gasteiger partial charge in [0.05, 0.1) is 0 Å². The van der Waals surface area contributed by atoms with Crippen molar-refractivity contribution in [2.24, 2.45) is 0 Å². The van der Waals surface area contributed by atoms with E-state index in [4.69, 9.17) is 5.11 Å². The van der Waals surface area contributed by atoms with Gasteiger partial charge in [0.1, 0.15) is 0 Å². The van der Waals surface area contributed by atoms with Crippen molar-refractivity contribution in [3.8, 4) is 0 Å². The van der Waals surface area contributed by atoms with E-state index in [0.717, 1.165) is 10.0 Å². The zero-order valence-corrected chi connectivity index (χ0v) is 13.1.